The Morgan fingerprint density at radius 1 is 0.889 bits per heavy atom. The van der Waals surface area contributed by atoms with Crippen molar-refractivity contribution < 1.29 is 14.3 Å². The third kappa shape index (κ3) is 5.36. The number of anilines is 1. The van der Waals surface area contributed by atoms with Crippen LogP contribution in [-0.2, 0) is 9.53 Å². The zero-order chi connectivity index (χ0) is 19.1. The molecular weight excluding hydrogens is 382 g/mol. The summed E-state index contributed by atoms with van der Waals surface area (Å²) in [7, 11) is 0. The van der Waals surface area contributed by atoms with Crippen LogP contribution >= 0.6 is 23.4 Å². The van der Waals surface area contributed by atoms with Crippen LogP contribution in [0.5, 0.6) is 0 Å². The van der Waals surface area contributed by atoms with Gasteiger partial charge in [0.15, 0.2) is 6.61 Å². The van der Waals surface area contributed by atoms with E-state index in [1.54, 1.807) is 30.3 Å². The first-order chi connectivity index (χ1) is 13.1. The van der Waals surface area contributed by atoms with Gasteiger partial charge in [-0.2, -0.15) is 0 Å². The van der Waals surface area contributed by atoms with E-state index in [1.807, 2.05) is 48.5 Å². The highest BCUT2D eigenvalue weighted by Gasteiger charge is 2.14. The molecule has 136 valence electrons. The predicted octanol–water partition coefficient (Wildman–Crippen LogP) is 5.29. The molecule has 0 unspecified atom stereocenters. The van der Waals surface area contributed by atoms with E-state index in [0.29, 0.717) is 5.69 Å². The maximum atomic E-state index is 12.2. The average molecular weight is 398 g/mol. The summed E-state index contributed by atoms with van der Waals surface area (Å²) in [6, 6.07) is 23.8. The number of esters is 1. The molecule has 3 aromatic rings. The summed E-state index contributed by atoms with van der Waals surface area (Å²) in [6.45, 7) is -0.394. The molecule has 1 amide bonds. The van der Waals surface area contributed by atoms with Crippen LogP contribution in [-0.4, -0.2) is 18.5 Å². The Morgan fingerprint density at radius 2 is 1.56 bits per heavy atom. The molecule has 0 radical (unpaired) electrons. The van der Waals surface area contributed by atoms with E-state index >= 15 is 0 Å². The van der Waals surface area contributed by atoms with Crippen molar-refractivity contribution in [1.29, 1.82) is 0 Å². The highest BCUT2D eigenvalue weighted by atomic mass is 35.5. The van der Waals surface area contributed by atoms with Gasteiger partial charge in [0.05, 0.1) is 16.3 Å². The van der Waals surface area contributed by atoms with Crippen LogP contribution in [0.15, 0.2) is 88.7 Å². The molecule has 0 saturated heterocycles. The van der Waals surface area contributed by atoms with Gasteiger partial charge in [-0.15, -0.1) is 0 Å². The minimum atomic E-state index is -0.636. The van der Waals surface area contributed by atoms with Gasteiger partial charge in [-0.25, -0.2) is 4.79 Å². The maximum Gasteiger partial charge on any atom is 0.340 e. The molecule has 4 nitrogen and oxygen atoms in total. The molecule has 0 aromatic heterocycles. The van der Waals surface area contributed by atoms with Gasteiger partial charge >= 0.3 is 5.97 Å². The van der Waals surface area contributed by atoms with Crippen LogP contribution in [0.4, 0.5) is 5.69 Å². The standard InChI is InChI=1S/C21H16ClNO3S/c22-17-11-5-4-10-16(17)21(25)26-14-20(24)23-18-12-6-7-13-19(18)27-15-8-2-1-3-9-15/h1-13H,14H2,(H,23,24). The van der Waals surface area contributed by atoms with E-state index in [0.717, 1.165) is 9.79 Å². The number of carbonyl (C=O) groups excluding carboxylic acids is 2. The summed E-state index contributed by atoms with van der Waals surface area (Å²) in [4.78, 5) is 26.2. The Hall–Kier alpha value is -2.76. The topological polar surface area (TPSA) is 55.4 Å². The maximum absolute atomic E-state index is 12.2. The zero-order valence-corrected chi connectivity index (χ0v) is 15.8. The first-order valence-corrected chi connectivity index (χ1v) is 9.36. The van der Waals surface area contributed by atoms with Crippen molar-refractivity contribution >= 4 is 40.9 Å². The number of hydrogen-bond acceptors (Lipinski definition) is 4. The molecule has 27 heavy (non-hydrogen) atoms. The van der Waals surface area contributed by atoms with Gasteiger partial charge < -0.3 is 10.1 Å². The molecule has 0 spiro atoms. The summed E-state index contributed by atoms with van der Waals surface area (Å²) in [5.74, 6) is -1.06. The Kier molecular flexibility index (Phi) is 6.52. The Labute approximate surface area is 166 Å². The van der Waals surface area contributed by atoms with E-state index < -0.39 is 18.5 Å². The smallest absolute Gasteiger partial charge is 0.340 e. The fraction of sp³-hybridized carbons (Fsp3) is 0.0476. The fourth-order valence-electron chi connectivity index (χ4n) is 2.30. The van der Waals surface area contributed by atoms with Crippen LogP contribution in [0.25, 0.3) is 0 Å². The van der Waals surface area contributed by atoms with Crippen molar-refractivity contribution in [3.8, 4) is 0 Å². The van der Waals surface area contributed by atoms with Gasteiger partial charge in [0.25, 0.3) is 5.91 Å². The van der Waals surface area contributed by atoms with Crippen molar-refractivity contribution in [2.24, 2.45) is 0 Å². The number of rotatable bonds is 6. The lowest BCUT2D eigenvalue weighted by Crippen LogP contribution is -2.21. The highest BCUT2D eigenvalue weighted by Crippen LogP contribution is 2.33. The lowest BCUT2D eigenvalue weighted by Gasteiger charge is -2.11. The number of amides is 1. The number of halogens is 1. The van der Waals surface area contributed by atoms with Crippen molar-refractivity contribution in [2.45, 2.75) is 9.79 Å². The third-order valence-electron chi connectivity index (χ3n) is 3.56. The fourth-order valence-corrected chi connectivity index (χ4v) is 3.43. The number of carbonyl (C=O) groups is 2. The molecule has 3 aromatic carbocycles. The summed E-state index contributed by atoms with van der Waals surface area (Å²) < 4.78 is 5.06. The molecule has 0 fully saturated rings. The van der Waals surface area contributed by atoms with E-state index in [4.69, 9.17) is 16.3 Å². The largest absolute Gasteiger partial charge is 0.452 e. The van der Waals surface area contributed by atoms with Crippen LogP contribution < -0.4 is 5.32 Å². The van der Waals surface area contributed by atoms with Crippen molar-refractivity contribution in [2.75, 3.05) is 11.9 Å². The monoisotopic (exact) mass is 397 g/mol. The van der Waals surface area contributed by atoms with E-state index in [-0.39, 0.29) is 10.6 Å². The van der Waals surface area contributed by atoms with Crippen molar-refractivity contribution in [3.63, 3.8) is 0 Å². The second kappa shape index (κ2) is 9.26. The summed E-state index contributed by atoms with van der Waals surface area (Å²) in [5, 5.41) is 3.07. The highest BCUT2D eigenvalue weighted by molar-refractivity contribution is 7.99. The second-order valence-electron chi connectivity index (χ2n) is 5.52. The number of benzene rings is 3. The number of para-hydroxylation sites is 1. The molecule has 0 atom stereocenters. The molecule has 0 aliphatic carbocycles. The summed E-state index contributed by atoms with van der Waals surface area (Å²) >= 11 is 7.50. The van der Waals surface area contributed by atoms with Crippen molar-refractivity contribution in [3.05, 3.63) is 89.4 Å². The molecule has 0 saturated carbocycles. The molecule has 0 heterocycles. The van der Waals surface area contributed by atoms with Gasteiger partial charge in [0, 0.05) is 9.79 Å². The van der Waals surface area contributed by atoms with Crippen LogP contribution in [0.3, 0.4) is 0 Å². The zero-order valence-electron chi connectivity index (χ0n) is 14.2. The molecular formula is C21H16ClNO3S. The Morgan fingerprint density at radius 3 is 2.33 bits per heavy atom. The third-order valence-corrected chi connectivity index (χ3v) is 4.97. The van der Waals surface area contributed by atoms with Gasteiger partial charge in [-0.1, -0.05) is 65.8 Å². The lowest BCUT2D eigenvalue weighted by molar-refractivity contribution is -0.119. The summed E-state index contributed by atoms with van der Waals surface area (Å²) in [5.41, 5.74) is 0.886. The van der Waals surface area contributed by atoms with Gasteiger partial charge in [-0.3, -0.25) is 4.79 Å². The normalized spacial score (nSPS) is 10.3. The van der Waals surface area contributed by atoms with Gasteiger partial charge in [-0.05, 0) is 36.4 Å². The molecule has 1 N–H and O–H groups in total. The predicted molar refractivity (Wildman–Crippen MR) is 107 cm³/mol. The SMILES string of the molecule is O=C(COC(=O)c1ccccc1Cl)Nc1ccccc1Sc1ccccc1. The first kappa shape index (κ1) is 19.0. The van der Waals surface area contributed by atoms with Gasteiger partial charge in [0.2, 0.25) is 0 Å². The molecule has 6 heteroatoms. The molecule has 0 aliphatic heterocycles. The van der Waals surface area contributed by atoms with E-state index in [1.165, 1.54) is 11.8 Å². The van der Waals surface area contributed by atoms with Gasteiger partial charge in [0.1, 0.15) is 0 Å². The van der Waals surface area contributed by atoms with Crippen LogP contribution in [0, 0.1) is 0 Å². The number of hydrogen-bond donors (Lipinski definition) is 1. The second-order valence-corrected chi connectivity index (χ2v) is 7.04. The minimum absolute atomic E-state index is 0.229. The summed E-state index contributed by atoms with van der Waals surface area (Å²) in [6.07, 6.45) is 0. The Balaban J connectivity index is 1.61. The average Bonchev–Trinajstić information content (AvgIpc) is 2.69. The minimum Gasteiger partial charge on any atom is -0.452 e. The Bertz CT molecular complexity index is 947. The molecule has 3 rings (SSSR count). The number of nitrogens with one attached hydrogen (secondary N) is 1. The molecule has 0 aliphatic rings. The van der Waals surface area contributed by atoms with E-state index in [2.05, 4.69) is 5.32 Å². The quantitative estimate of drug-likeness (QED) is 0.574. The van der Waals surface area contributed by atoms with Crippen LogP contribution in [0.2, 0.25) is 5.02 Å². The van der Waals surface area contributed by atoms with E-state index in [9.17, 15) is 9.59 Å². The first-order valence-electron chi connectivity index (χ1n) is 8.17. The lowest BCUT2D eigenvalue weighted by atomic mass is 10.2. The van der Waals surface area contributed by atoms with Crippen LogP contribution in [0.1, 0.15) is 10.4 Å². The van der Waals surface area contributed by atoms with Crippen molar-refractivity contribution in [1.82, 2.24) is 0 Å². The molecule has 0 bridgehead atoms. The number of ether oxygens (including phenoxy) is 1.